The second-order valence-corrected chi connectivity index (χ2v) is 5.67. The Morgan fingerprint density at radius 3 is 2.79 bits per heavy atom. The minimum Gasteiger partial charge on any atom is -0.481 e. The van der Waals surface area contributed by atoms with Crippen LogP contribution in [0.15, 0.2) is 29.4 Å². The van der Waals surface area contributed by atoms with Gasteiger partial charge in [0.05, 0.1) is 31.2 Å². The maximum Gasteiger partial charge on any atom is 0.305 e. The molecule has 0 saturated carbocycles. The number of carboxylic acid groups (broad SMARTS) is 1. The Balaban J connectivity index is 1.87. The Bertz CT molecular complexity index is 603. The van der Waals surface area contributed by atoms with E-state index in [0.29, 0.717) is 6.42 Å². The quantitative estimate of drug-likeness (QED) is 0.383. The number of hydrazone groups is 1. The van der Waals surface area contributed by atoms with Crippen LogP contribution in [0.5, 0.6) is 0 Å². The van der Waals surface area contributed by atoms with E-state index >= 15 is 0 Å². The Morgan fingerprint density at radius 1 is 1.46 bits per heavy atom. The third-order valence-corrected chi connectivity index (χ3v) is 3.86. The molecule has 130 valence electrons. The summed E-state index contributed by atoms with van der Waals surface area (Å²) in [6.07, 6.45) is 2.15. The van der Waals surface area contributed by atoms with Gasteiger partial charge in [-0.15, -0.1) is 0 Å². The van der Waals surface area contributed by atoms with Gasteiger partial charge >= 0.3 is 5.97 Å². The molecule has 0 radical (unpaired) electrons. The summed E-state index contributed by atoms with van der Waals surface area (Å²) in [6.45, 7) is 0.129. The molecule has 1 aromatic rings. The van der Waals surface area contributed by atoms with Gasteiger partial charge in [-0.3, -0.25) is 14.4 Å². The second-order valence-electron chi connectivity index (χ2n) is 5.67. The van der Waals surface area contributed by atoms with Crippen LogP contribution in [0, 0.1) is 0 Å². The largest absolute Gasteiger partial charge is 0.481 e. The van der Waals surface area contributed by atoms with E-state index in [1.165, 1.54) is 0 Å². The van der Waals surface area contributed by atoms with Gasteiger partial charge in [0.25, 0.3) is 0 Å². The molecule has 0 unspecified atom stereocenters. The van der Waals surface area contributed by atoms with Crippen LogP contribution >= 0.6 is 0 Å². The zero-order valence-corrected chi connectivity index (χ0v) is 13.5. The molecule has 1 amide bonds. The molecule has 0 bridgehead atoms. The first kappa shape index (κ1) is 17.9. The van der Waals surface area contributed by atoms with E-state index in [4.69, 9.17) is 15.8 Å². The van der Waals surface area contributed by atoms with Gasteiger partial charge in [0.15, 0.2) is 0 Å². The van der Waals surface area contributed by atoms with Crippen LogP contribution in [0.4, 0.5) is 0 Å². The molecule has 0 spiro atoms. The summed E-state index contributed by atoms with van der Waals surface area (Å²) in [5, 5.41) is 16.4. The molecule has 8 nitrogen and oxygen atoms in total. The normalized spacial score (nSPS) is 21.2. The van der Waals surface area contributed by atoms with Crippen LogP contribution in [-0.2, 0) is 14.4 Å². The molecule has 1 aliphatic heterocycles. The standard InChI is InChI=1S/C16H22N4O4/c1-20-14(12-4-2-11(3-5-12)10-19-17)8-13(24-20)9-15(21)18-7-6-16(22)23/h2-5,10,13-14H,6-9,17H2,1H3,(H,18,21)(H,22,23)/t13-,14+/m1/s1. The maximum atomic E-state index is 11.8. The van der Waals surface area contributed by atoms with Crippen molar-refractivity contribution in [1.82, 2.24) is 10.4 Å². The summed E-state index contributed by atoms with van der Waals surface area (Å²) in [6, 6.07) is 7.87. The van der Waals surface area contributed by atoms with E-state index in [2.05, 4.69) is 10.4 Å². The Morgan fingerprint density at radius 2 is 2.17 bits per heavy atom. The molecule has 2 atom stereocenters. The van der Waals surface area contributed by atoms with Crippen molar-refractivity contribution in [1.29, 1.82) is 0 Å². The average Bonchev–Trinajstić information content (AvgIpc) is 2.88. The van der Waals surface area contributed by atoms with E-state index in [0.717, 1.165) is 11.1 Å². The molecular formula is C16H22N4O4. The number of hydrogen-bond donors (Lipinski definition) is 3. The van der Waals surface area contributed by atoms with Crippen LogP contribution in [0.25, 0.3) is 0 Å². The summed E-state index contributed by atoms with van der Waals surface area (Å²) in [7, 11) is 1.84. The van der Waals surface area contributed by atoms with Gasteiger partial charge in [-0.1, -0.05) is 24.3 Å². The minimum atomic E-state index is -0.935. The first-order chi connectivity index (χ1) is 11.5. The number of rotatable bonds is 7. The Kier molecular flexibility index (Phi) is 6.28. The number of carboxylic acids is 1. The average molecular weight is 334 g/mol. The fraction of sp³-hybridized carbons (Fsp3) is 0.438. The zero-order valence-electron chi connectivity index (χ0n) is 13.5. The highest BCUT2D eigenvalue weighted by Crippen LogP contribution is 2.33. The van der Waals surface area contributed by atoms with E-state index in [-0.39, 0.29) is 37.4 Å². The first-order valence-corrected chi connectivity index (χ1v) is 7.71. The van der Waals surface area contributed by atoms with Gasteiger partial charge in [0, 0.05) is 13.6 Å². The van der Waals surface area contributed by atoms with Crippen LogP contribution in [0.1, 0.15) is 36.4 Å². The van der Waals surface area contributed by atoms with E-state index < -0.39 is 5.97 Å². The summed E-state index contributed by atoms with van der Waals surface area (Å²) < 4.78 is 0. The molecule has 8 heteroatoms. The van der Waals surface area contributed by atoms with Gasteiger partial charge < -0.3 is 16.3 Å². The lowest BCUT2D eigenvalue weighted by atomic mass is 9.99. The van der Waals surface area contributed by atoms with Crippen molar-refractivity contribution in [3.8, 4) is 0 Å². The van der Waals surface area contributed by atoms with Crippen LogP contribution < -0.4 is 11.2 Å². The third-order valence-electron chi connectivity index (χ3n) is 3.86. The van der Waals surface area contributed by atoms with Crippen LogP contribution in [0.2, 0.25) is 0 Å². The monoisotopic (exact) mass is 334 g/mol. The number of amides is 1. The molecular weight excluding hydrogens is 312 g/mol. The van der Waals surface area contributed by atoms with Gasteiger partial charge in [-0.05, 0) is 17.5 Å². The molecule has 4 N–H and O–H groups in total. The molecule has 2 rings (SSSR count). The number of aliphatic carboxylic acids is 1. The van der Waals surface area contributed by atoms with E-state index in [1.54, 1.807) is 11.3 Å². The van der Waals surface area contributed by atoms with Gasteiger partial charge in [0.1, 0.15) is 0 Å². The number of carbonyl (C=O) groups is 2. The van der Waals surface area contributed by atoms with Crippen molar-refractivity contribution in [2.45, 2.75) is 31.4 Å². The SMILES string of the molecule is CN1O[C@@H](CC(=O)NCCC(=O)O)C[C@H]1c1ccc(C=NN)cc1. The molecule has 1 fully saturated rings. The summed E-state index contributed by atoms with van der Waals surface area (Å²) >= 11 is 0. The molecule has 0 aromatic heterocycles. The number of hydroxylamine groups is 2. The van der Waals surface area contributed by atoms with Crippen molar-refractivity contribution < 1.29 is 19.5 Å². The molecule has 1 aliphatic rings. The minimum absolute atomic E-state index is 0.0608. The number of benzene rings is 1. The van der Waals surface area contributed by atoms with Gasteiger partial charge in [-0.25, -0.2) is 0 Å². The molecule has 24 heavy (non-hydrogen) atoms. The van der Waals surface area contributed by atoms with Crippen molar-refractivity contribution in [2.75, 3.05) is 13.6 Å². The number of nitrogens with two attached hydrogens (primary N) is 1. The second kappa shape index (κ2) is 8.42. The number of carbonyl (C=O) groups excluding carboxylic acids is 1. The topological polar surface area (TPSA) is 117 Å². The maximum absolute atomic E-state index is 11.8. The van der Waals surface area contributed by atoms with Crippen molar-refractivity contribution >= 4 is 18.1 Å². The Hall–Kier alpha value is -2.45. The molecule has 1 aromatic carbocycles. The Labute approximate surface area is 140 Å². The highest BCUT2D eigenvalue weighted by atomic mass is 16.7. The first-order valence-electron chi connectivity index (χ1n) is 7.71. The van der Waals surface area contributed by atoms with Crippen molar-refractivity contribution in [3.63, 3.8) is 0 Å². The molecule has 1 saturated heterocycles. The number of nitrogens with one attached hydrogen (secondary N) is 1. The van der Waals surface area contributed by atoms with E-state index in [9.17, 15) is 9.59 Å². The fourth-order valence-electron chi connectivity index (χ4n) is 2.69. The number of nitrogens with zero attached hydrogens (tertiary/aromatic N) is 2. The summed E-state index contributed by atoms with van der Waals surface area (Å²) in [5.41, 5.74) is 2.00. The molecule has 0 aliphatic carbocycles. The van der Waals surface area contributed by atoms with Crippen LogP contribution in [-0.4, -0.2) is 48.0 Å². The zero-order chi connectivity index (χ0) is 17.5. The van der Waals surface area contributed by atoms with Crippen LogP contribution in [0.3, 0.4) is 0 Å². The number of hydrogen-bond acceptors (Lipinski definition) is 6. The fourth-order valence-corrected chi connectivity index (χ4v) is 2.69. The van der Waals surface area contributed by atoms with Crippen molar-refractivity contribution in [3.05, 3.63) is 35.4 Å². The third kappa shape index (κ3) is 5.04. The molecule has 1 heterocycles. The lowest BCUT2D eigenvalue weighted by Gasteiger charge is -2.17. The van der Waals surface area contributed by atoms with E-state index in [1.807, 2.05) is 31.3 Å². The summed E-state index contributed by atoms with van der Waals surface area (Å²) in [4.78, 5) is 28.0. The summed E-state index contributed by atoms with van der Waals surface area (Å²) in [5.74, 6) is 3.99. The lowest BCUT2D eigenvalue weighted by molar-refractivity contribution is -0.151. The predicted molar refractivity (Wildman–Crippen MR) is 88.1 cm³/mol. The highest BCUT2D eigenvalue weighted by Gasteiger charge is 2.33. The van der Waals surface area contributed by atoms with Gasteiger partial charge in [-0.2, -0.15) is 10.2 Å². The smallest absolute Gasteiger partial charge is 0.305 e. The van der Waals surface area contributed by atoms with Gasteiger partial charge in [0.2, 0.25) is 5.91 Å². The van der Waals surface area contributed by atoms with Crippen molar-refractivity contribution in [2.24, 2.45) is 10.9 Å². The highest BCUT2D eigenvalue weighted by molar-refractivity contribution is 5.79. The lowest BCUT2D eigenvalue weighted by Crippen LogP contribution is -2.29. The predicted octanol–water partition coefficient (Wildman–Crippen LogP) is 0.637.